The molecular weight excluding hydrogens is 230 g/mol. The molecular formula is C13H19N3O2. The van der Waals surface area contributed by atoms with Gasteiger partial charge in [0.1, 0.15) is 0 Å². The fraction of sp³-hybridized carbons (Fsp3) is 0.462. The van der Waals surface area contributed by atoms with Crippen LogP contribution < -0.4 is 5.43 Å². The highest BCUT2D eigenvalue weighted by Gasteiger charge is 2.17. The Balaban J connectivity index is 2.15. The SMILES string of the molecule is Cc1cccc(C(=O)O)c1NN1CCN(C)CC1. The van der Waals surface area contributed by atoms with Gasteiger partial charge in [-0.15, -0.1) is 0 Å². The summed E-state index contributed by atoms with van der Waals surface area (Å²) in [5, 5.41) is 11.3. The number of likely N-dealkylation sites (N-methyl/N-ethyl adjacent to an activating group) is 1. The summed E-state index contributed by atoms with van der Waals surface area (Å²) >= 11 is 0. The number of nitrogens with zero attached hydrogens (tertiary/aromatic N) is 2. The predicted octanol–water partition coefficient (Wildman–Crippen LogP) is 1.27. The van der Waals surface area contributed by atoms with Gasteiger partial charge in [-0.3, -0.25) is 0 Å². The summed E-state index contributed by atoms with van der Waals surface area (Å²) < 4.78 is 0. The van der Waals surface area contributed by atoms with Gasteiger partial charge in [0.15, 0.2) is 0 Å². The highest BCUT2D eigenvalue weighted by Crippen LogP contribution is 2.21. The van der Waals surface area contributed by atoms with E-state index < -0.39 is 5.97 Å². The zero-order valence-corrected chi connectivity index (χ0v) is 10.8. The molecule has 0 aromatic heterocycles. The standard InChI is InChI=1S/C13H19N3O2/c1-10-4-3-5-11(13(17)18)12(10)14-16-8-6-15(2)7-9-16/h3-5,14H,6-9H2,1-2H3,(H,17,18). The molecule has 1 fully saturated rings. The number of anilines is 1. The van der Waals surface area contributed by atoms with E-state index in [4.69, 9.17) is 0 Å². The lowest BCUT2D eigenvalue weighted by Crippen LogP contribution is -2.47. The number of aromatic carboxylic acids is 1. The van der Waals surface area contributed by atoms with E-state index in [0.717, 1.165) is 31.7 Å². The highest BCUT2D eigenvalue weighted by molar-refractivity contribution is 5.94. The average molecular weight is 249 g/mol. The Kier molecular flexibility index (Phi) is 3.84. The van der Waals surface area contributed by atoms with Gasteiger partial charge >= 0.3 is 5.97 Å². The predicted molar refractivity (Wildman–Crippen MR) is 70.8 cm³/mol. The van der Waals surface area contributed by atoms with Crippen LogP contribution in [0, 0.1) is 6.92 Å². The number of para-hydroxylation sites is 1. The fourth-order valence-electron chi connectivity index (χ4n) is 2.07. The van der Waals surface area contributed by atoms with E-state index in [2.05, 4.69) is 22.4 Å². The highest BCUT2D eigenvalue weighted by atomic mass is 16.4. The summed E-state index contributed by atoms with van der Waals surface area (Å²) in [6.07, 6.45) is 0. The summed E-state index contributed by atoms with van der Waals surface area (Å²) in [7, 11) is 2.09. The van der Waals surface area contributed by atoms with Gasteiger partial charge in [-0.05, 0) is 25.6 Å². The van der Waals surface area contributed by atoms with Crippen LogP contribution in [0.4, 0.5) is 5.69 Å². The van der Waals surface area contributed by atoms with Crippen molar-refractivity contribution in [1.82, 2.24) is 9.91 Å². The van der Waals surface area contributed by atoms with E-state index in [9.17, 15) is 9.90 Å². The van der Waals surface area contributed by atoms with Gasteiger partial charge in [0, 0.05) is 26.2 Å². The number of carboxylic acid groups (broad SMARTS) is 1. The molecule has 2 rings (SSSR count). The smallest absolute Gasteiger partial charge is 0.337 e. The molecule has 2 N–H and O–H groups in total. The van der Waals surface area contributed by atoms with Gasteiger partial charge in [-0.2, -0.15) is 0 Å². The number of piperazine rings is 1. The first-order chi connectivity index (χ1) is 8.58. The topological polar surface area (TPSA) is 55.8 Å². The van der Waals surface area contributed by atoms with Crippen LogP contribution in [0.2, 0.25) is 0 Å². The van der Waals surface area contributed by atoms with Crippen LogP contribution in [0.15, 0.2) is 18.2 Å². The molecule has 1 aliphatic rings. The van der Waals surface area contributed by atoms with Crippen molar-refractivity contribution >= 4 is 11.7 Å². The number of hydrogen-bond acceptors (Lipinski definition) is 4. The molecule has 18 heavy (non-hydrogen) atoms. The fourth-order valence-corrected chi connectivity index (χ4v) is 2.07. The molecule has 5 nitrogen and oxygen atoms in total. The number of hydrazine groups is 1. The van der Waals surface area contributed by atoms with Crippen LogP contribution in [0.1, 0.15) is 15.9 Å². The molecule has 1 aliphatic heterocycles. The van der Waals surface area contributed by atoms with Crippen molar-refractivity contribution in [3.8, 4) is 0 Å². The van der Waals surface area contributed by atoms with Gasteiger partial charge in [0.25, 0.3) is 0 Å². The monoisotopic (exact) mass is 249 g/mol. The molecule has 1 aromatic carbocycles. The first-order valence-electron chi connectivity index (χ1n) is 6.11. The number of nitrogens with one attached hydrogen (secondary N) is 1. The van der Waals surface area contributed by atoms with Gasteiger partial charge in [0.05, 0.1) is 11.3 Å². The zero-order chi connectivity index (χ0) is 13.1. The third-order valence-corrected chi connectivity index (χ3v) is 3.28. The minimum Gasteiger partial charge on any atom is -0.478 e. The van der Waals surface area contributed by atoms with Crippen molar-refractivity contribution in [2.75, 3.05) is 38.7 Å². The van der Waals surface area contributed by atoms with Crippen molar-refractivity contribution in [2.24, 2.45) is 0 Å². The summed E-state index contributed by atoms with van der Waals surface area (Å²) in [5.74, 6) is -0.893. The maximum atomic E-state index is 11.2. The van der Waals surface area contributed by atoms with Crippen LogP contribution in [-0.4, -0.2) is 54.2 Å². The van der Waals surface area contributed by atoms with Gasteiger partial charge in [0.2, 0.25) is 0 Å². The minimum absolute atomic E-state index is 0.328. The second-order valence-electron chi connectivity index (χ2n) is 4.70. The molecule has 0 aliphatic carbocycles. The van der Waals surface area contributed by atoms with E-state index in [-0.39, 0.29) is 0 Å². The lowest BCUT2D eigenvalue weighted by molar-refractivity contribution is 0.0697. The normalized spacial score (nSPS) is 17.7. The van der Waals surface area contributed by atoms with Gasteiger partial charge in [-0.25, -0.2) is 9.80 Å². The molecule has 0 bridgehead atoms. The summed E-state index contributed by atoms with van der Waals surface area (Å²) in [4.78, 5) is 13.5. The molecule has 5 heteroatoms. The molecule has 0 spiro atoms. The van der Waals surface area contributed by atoms with E-state index in [1.807, 2.05) is 13.0 Å². The van der Waals surface area contributed by atoms with Crippen molar-refractivity contribution in [2.45, 2.75) is 6.92 Å². The number of carbonyl (C=O) groups is 1. The zero-order valence-electron chi connectivity index (χ0n) is 10.8. The Morgan fingerprint density at radius 2 is 1.94 bits per heavy atom. The minimum atomic E-state index is -0.893. The van der Waals surface area contributed by atoms with Crippen molar-refractivity contribution in [1.29, 1.82) is 0 Å². The van der Waals surface area contributed by atoms with Crippen LogP contribution in [-0.2, 0) is 0 Å². The molecule has 98 valence electrons. The van der Waals surface area contributed by atoms with E-state index in [0.29, 0.717) is 11.3 Å². The Labute approximate surface area is 107 Å². The lowest BCUT2D eigenvalue weighted by atomic mass is 10.1. The molecule has 1 heterocycles. The van der Waals surface area contributed by atoms with Gasteiger partial charge in [-0.1, -0.05) is 12.1 Å². The van der Waals surface area contributed by atoms with Crippen LogP contribution in [0.5, 0.6) is 0 Å². The van der Waals surface area contributed by atoms with Crippen molar-refractivity contribution in [3.05, 3.63) is 29.3 Å². The van der Waals surface area contributed by atoms with Crippen LogP contribution in [0.3, 0.4) is 0 Å². The van der Waals surface area contributed by atoms with E-state index >= 15 is 0 Å². The van der Waals surface area contributed by atoms with E-state index in [1.165, 1.54) is 0 Å². The molecule has 0 amide bonds. The lowest BCUT2D eigenvalue weighted by Gasteiger charge is -2.33. The molecule has 1 aromatic rings. The summed E-state index contributed by atoms with van der Waals surface area (Å²) in [6, 6.07) is 5.33. The number of rotatable bonds is 3. The quantitative estimate of drug-likeness (QED) is 0.845. The third-order valence-electron chi connectivity index (χ3n) is 3.28. The molecule has 0 radical (unpaired) electrons. The van der Waals surface area contributed by atoms with Crippen LogP contribution >= 0.6 is 0 Å². The molecule has 0 unspecified atom stereocenters. The molecule has 1 saturated heterocycles. The first kappa shape index (κ1) is 12.9. The Morgan fingerprint density at radius 3 is 2.56 bits per heavy atom. The largest absolute Gasteiger partial charge is 0.478 e. The second-order valence-corrected chi connectivity index (χ2v) is 4.70. The summed E-state index contributed by atoms with van der Waals surface area (Å²) in [5.41, 5.74) is 5.23. The maximum Gasteiger partial charge on any atom is 0.337 e. The van der Waals surface area contributed by atoms with Gasteiger partial charge < -0.3 is 15.4 Å². The molecule has 0 atom stereocenters. The van der Waals surface area contributed by atoms with Crippen LogP contribution in [0.25, 0.3) is 0 Å². The number of aryl methyl sites for hydroxylation is 1. The second kappa shape index (κ2) is 5.37. The number of hydrogen-bond donors (Lipinski definition) is 2. The van der Waals surface area contributed by atoms with Crippen molar-refractivity contribution in [3.63, 3.8) is 0 Å². The maximum absolute atomic E-state index is 11.2. The average Bonchev–Trinajstić information content (AvgIpc) is 2.34. The van der Waals surface area contributed by atoms with E-state index in [1.54, 1.807) is 12.1 Å². The van der Waals surface area contributed by atoms with Crippen molar-refractivity contribution < 1.29 is 9.90 Å². The first-order valence-corrected chi connectivity index (χ1v) is 6.11. The number of carboxylic acids is 1. The Morgan fingerprint density at radius 1 is 1.28 bits per heavy atom. The molecule has 0 saturated carbocycles. The Bertz CT molecular complexity index is 440. The summed E-state index contributed by atoms with van der Waals surface area (Å²) in [6.45, 7) is 5.68. The third kappa shape index (κ3) is 2.80. The number of benzene rings is 1. The Hall–Kier alpha value is -1.59.